The summed E-state index contributed by atoms with van der Waals surface area (Å²) in [6.07, 6.45) is 0. The van der Waals surface area contributed by atoms with Gasteiger partial charge in [0, 0.05) is 22.3 Å². The smallest absolute Gasteiger partial charge is 0.338 e. The van der Waals surface area contributed by atoms with Gasteiger partial charge in [0.25, 0.3) is 0 Å². The average molecular weight is 545 g/mol. The van der Waals surface area contributed by atoms with Crippen LogP contribution in [-0.4, -0.2) is 31.1 Å². The van der Waals surface area contributed by atoms with Gasteiger partial charge in [0.1, 0.15) is 24.8 Å². The number of rotatable bonds is 11. The quantitative estimate of drug-likeness (QED) is 0.116. The van der Waals surface area contributed by atoms with E-state index in [0.717, 1.165) is 5.56 Å². The summed E-state index contributed by atoms with van der Waals surface area (Å²) in [5.41, 5.74) is 2.65. The minimum atomic E-state index is -0.721. The maximum Gasteiger partial charge on any atom is 0.338 e. The highest BCUT2D eigenvalue weighted by molar-refractivity contribution is 5.91. The second-order valence-electron chi connectivity index (χ2n) is 8.98. The predicted octanol–water partition coefficient (Wildman–Crippen LogP) is 6.62. The number of hydrogen-bond donors (Lipinski definition) is 0. The van der Waals surface area contributed by atoms with Crippen LogP contribution in [0.5, 0.6) is 17.2 Å². The standard InChI is InChI=1S/C32H29FO7/c1-19(2)30(34)38-16-15-37-25-11-7-22(8-12-25)23-9-13-26(27(33)17-23)24-10-14-28(39-31(35)20(3)4)29(18-24)40-32(36)21(5)6/h7-14,17-18H,1,3,5,15-16H2,2,4,6H3. The van der Waals surface area contributed by atoms with Crippen LogP contribution in [0.15, 0.2) is 97.1 Å². The zero-order valence-electron chi connectivity index (χ0n) is 22.5. The first-order valence-electron chi connectivity index (χ1n) is 12.2. The lowest BCUT2D eigenvalue weighted by Gasteiger charge is -2.13. The Morgan fingerprint density at radius 1 is 0.650 bits per heavy atom. The Balaban J connectivity index is 1.78. The fraction of sp³-hybridized carbons (Fsp3) is 0.156. The summed E-state index contributed by atoms with van der Waals surface area (Å²) in [6, 6.07) is 16.2. The second-order valence-corrected chi connectivity index (χ2v) is 8.98. The molecule has 8 heteroatoms. The molecule has 3 aromatic carbocycles. The lowest BCUT2D eigenvalue weighted by Crippen LogP contribution is -2.12. The van der Waals surface area contributed by atoms with Gasteiger partial charge in [0.2, 0.25) is 0 Å². The van der Waals surface area contributed by atoms with E-state index in [1.165, 1.54) is 32.0 Å². The third-order valence-electron chi connectivity index (χ3n) is 5.45. The number of hydrogen-bond acceptors (Lipinski definition) is 7. The van der Waals surface area contributed by atoms with Gasteiger partial charge in [-0.1, -0.05) is 50.1 Å². The molecule has 3 rings (SSSR count). The third kappa shape index (κ3) is 7.77. The van der Waals surface area contributed by atoms with Crippen LogP contribution in [0.4, 0.5) is 4.39 Å². The Bertz CT molecular complexity index is 1490. The lowest BCUT2D eigenvalue weighted by atomic mass is 9.99. The van der Waals surface area contributed by atoms with Crippen molar-refractivity contribution in [2.24, 2.45) is 0 Å². The highest BCUT2D eigenvalue weighted by Gasteiger charge is 2.18. The fourth-order valence-electron chi connectivity index (χ4n) is 3.30. The summed E-state index contributed by atoms with van der Waals surface area (Å²) in [7, 11) is 0. The number of carbonyl (C=O) groups excluding carboxylic acids is 3. The first-order valence-corrected chi connectivity index (χ1v) is 12.2. The van der Waals surface area contributed by atoms with E-state index < -0.39 is 23.7 Å². The highest BCUT2D eigenvalue weighted by Crippen LogP contribution is 2.36. The number of benzene rings is 3. The summed E-state index contributed by atoms with van der Waals surface area (Å²) in [6.45, 7) is 15.4. The van der Waals surface area contributed by atoms with Crippen LogP contribution in [0.1, 0.15) is 20.8 Å². The second kappa shape index (κ2) is 13.2. The molecule has 206 valence electrons. The van der Waals surface area contributed by atoms with Crippen molar-refractivity contribution in [1.82, 2.24) is 0 Å². The van der Waals surface area contributed by atoms with E-state index in [1.54, 1.807) is 49.4 Å². The van der Waals surface area contributed by atoms with Crippen LogP contribution in [-0.2, 0) is 19.1 Å². The Kier molecular flexibility index (Phi) is 9.76. The Morgan fingerprint density at radius 2 is 1.20 bits per heavy atom. The Labute approximate surface area is 232 Å². The third-order valence-corrected chi connectivity index (χ3v) is 5.45. The van der Waals surface area contributed by atoms with E-state index in [9.17, 15) is 14.4 Å². The van der Waals surface area contributed by atoms with Crippen molar-refractivity contribution in [2.45, 2.75) is 20.8 Å². The van der Waals surface area contributed by atoms with Gasteiger partial charge < -0.3 is 18.9 Å². The predicted molar refractivity (Wildman–Crippen MR) is 149 cm³/mol. The molecular formula is C32H29FO7. The molecule has 0 bridgehead atoms. The molecule has 0 spiro atoms. The first-order chi connectivity index (χ1) is 19.0. The van der Waals surface area contributed by atoms with Gasteiger partial charge in [-0.05, 0) is 67.8 Å². The van der Waals surface area contributed by atoms with Crippen LogP contribution in [0.3, 0.4) is 0 Å². The minimum absolute atomic E-state index is 0.0142. The molecule has 0 saturated carbocycles. The molecular weight excluding hydrogens is 515 g/mol. The lowest BCUT2D eigenvalue weighted by molar-refractivity contribution is -0.139. The Morgan fingerprint density at radius 3 is 1.77 bits per heavy atom. The van der Waals surface area contributed by atoms with Crippen molar-refractivity contribution in [3.05, 3.63) is 103 Å². The summed E-state index contributed by atoms with van der Waals surface area (Å²) in [5, 5.41) is 0. The summed E-state index contributed by atoms with van der Waals surface area (Å²) in [4.78, 5) is 35.6. The summed E-state index contributed by atoms with van der Waals surface area (Å²) in [5.74, 6) is -1.92. The van der Waals surface area contributed by atoms with Crippen molar-refractivity contribution < 1.29 is 37.7 Å². The molecule has 0 N–H and O–H groups in total. The maximum atomic E-state index is 15.3. The number of ether oxygens (including phenoxy) is 4. The van der Waals surface area contributed by atoms with Gasteiger partial charge in [-0.25, -0.2) is 18.8 Å². The molecule has 0 aliphatic rings. The van der Waals surface area contributed by atoms with E-state index in [4.69, 9.17) is 18.9 Å². The molecule has 0 amide bonds. The maximum absolute atomic E-state index is 15.3. The van der Waals surface area contributed by atoms with E-state index >= 15 is 4.39 Å². The molecule has 0 aliphatic carbocycles. The largest absolute Gasteiger partial charge is 0.490 e. The van der Waals surface area contributed by atoms with E-state index in [1.807, 2.05) is 0 Å². The van der Waals surface area contributed by atoms with Crippen molar-refractivity contribution in [3.8, 4) is 39.5 Å². The van der Waals surface area contributed by atoms with Crippen molar-refractivity contribution >= 4 is 17.9 Å². The van der Waals surface area contributed by atoms with Crippen LogP contribution < -0.4 is 14.2 Å². The Hall–Kier alpha value is -4.98. The van der Waals surface area contributed by atoms with E-state index in [-0.39, 0.29) is 41.4 Å². The first kappa shape index (κ1) is 29.6. The van der Waals surface area contributed by atoms with Gasteiger partial charge in [-0.15, -0.1) is 0 Å². The monoisotopic (exact) mass is 544 g/mol. The van der Waals surface area contributed by atoms with Crippen LogP contribution in [0, 0.1) is 5.82 Å². The van der Waals surface area contributed by atoms with Crippen LogP contribution in [0.25, 0.3) is 22.3 Å². The highest BCUT2D eigenvalue weighted by atomic mass is 19.1. The molecule has 0 aromatic heterocycles. The van der Waals surface area contributed by atoms with Crippen LogP contribution in [0.2, 0.25) is 0 Å². The van der Waals surface area contributed by atoms with Gasteiger partial charge in [-0.2, -0.15) is 0 Å². The zero-order chi connectivity index (χ0) is 29.4. The number of esters is 3. The molecule has 3 aromatic rings. The number of halogens is 1. The molecule has 0 fully saturated rings. The minimum Gasteiger partial charge on any atom is -0.490 e. The van der Waals surface area contributed by atoms with Crippen molar-refractivity contribution in [3.63, 3.8) is 0 Å². The SMILES string of the molecule is C=C(C)C(=O)OCCOc1ccc(-c2ccc(-c3ccc(OC(=O)C(=C)C)c(OC(=O)C(=C)C)c3)c(F)c2)cc1. The van der Waals surface area contributed by atoms with Crippen molar-refractivity contribution in [2.75, 3.05) is 13.2 Å². The van der Waals surface area contributed by atoms with Crippen molar-refractivity contribution in [1.29, 1.82) is 0 Å². The summed E-state index contributed by atoms with van der Waals surface area (Å²) >= 11 is 0. The molecule has 0 saturated heterocycles. The van der Waals surface area contributed by atoms with E-state index in [2.05, 4.69) is 19.7 Å². The average Bonchev–Trinajstić information content (AvgIpc) is 2.92. The normalized spacial score (nSPS) is 10.3. The fourth-order valence-corrected chi connectivity index (χ4v) is 3.30. The van der Waals surface area contributed by atoms with Gasteiger partial charge in [0.05, 0.1) is 0 Å². The molecule has 40 heavy (non-hydrogen) atoms. The van der Waals surface area contributed by atoms with Gasteiger partial charge in [0.15, 0.2) is 11.5 Å². The molecule has 0 heterocycles. The van der Waals surface area contributed by atoms with Gasteiger partial charge in [-0.3, -0.25) is 0 Å². The van der Waals surface area contributed by atoms with E-state index in [0.29, 0.717) is 22.4 Å². The molecule has 7 nitrogen and oxygen atoms in total. The molecule has 0 atom stereocenters. The van der Waals surface area contributed by atoms with Crippen LogP contribution >= 0.6 is 0 Å². The zero-order valence-corrected chi connectivity index (χ0v) is 22.5. The summed E-state index contributed by atoms with van der Waals surface area (Å²) < 4.78 is 36.4. The topological polar surface area (TPSA) is 88.1 Å². The molecule has 0 unspecified atom stereocenters. The molecule has 0 radical (unpaired) electrons. The van der Waals surface area contributed by atoms with Gasteiger partial charge >= 0.3 is 17.9 Å². The number of carbonyl (C=O) groups is 3. The molecule has 0 aliphatic heterocycles.